The summed E-state index contributed by atoms with van der Waals surface area (Å²) in [4.78, 5) is 17.6. The highest BCUT2D eigenvalue weighted by Gasteiger charge is 2.17. The van der Waals surface area contributed by atoms with Gasteiger partial charge in [0.15, 0.2) is 0 Å². The number of Topliss-reactive ketones (excluding diaryl/α,β-unsaturated/α-hetero) is 1. The highest BCUT2D eigenvalue weighted by atomic mass is 79.9. The molecule has 94 valence electrons. The minimum Gasteiger partial charge on any atom is -0.299 e. The Balaban J connectivity index is 2.09. The molecule has 0 amide bonds. The third kappa shape index (κ3) is 3.27. The van der Waals surface area contributed by atoms with Crippen molar-refractivity contribution in [3.05, 3.63) is 50.4 Å². The van der Waals surface area contributed by atoms with Gasteiger partial charge in [-0.05, 0) is 24.6 Å². The van der Waals surface area contributed by atoms with Crippen molar-refractivity contribution < 1.29 is 4.79 Å². The van der Waals surface area contributed by atoms with Crippen molar-refractivity contribution >= 4 is 33.0 Å². The van der Waals surface area contributed by atoms with Gasteiger partial charge < -0.3 is 0 Å². The average Bonchev–Trinajstić information content (AvgIpc) is 2.73. The molecule has 1 atom stereocenters. The topological polar surface area (TPSA) is 30.0 Å². The fraction of sp³-hybridized carbons (Fsp3) is 0.286. The van der Waals surface area contributed by atoms with Crippen molar-refractivity contribution in [3.8, 4) is 0 Å². The Hall–Kier alpha value is -1.000. The number of thiazole rings is 1. The molecule has 4 heteroatoms. The second-order valence-corrected chi connectivity index (χ2v) is 6.52. The van der Waals surface area contributed by atoms with Gasteiger partial charge in [-0.3, -0.25) is 4.79 Å². The maximum Gasteiger partial charge on any atom is 0.146 e. The molecule has 0 aliphatic heterocycles. The normalized spacial score (nSPS) is 12.4. The van der Waals surface area contributed by atoms with Crippen molar-refractivity contribution in [2.75, 3.05) is 0 Å². The molecule has 0 N–H and O–H groups in total. The molecule has 1 aromatic heterocycles. The van der Waals surface area contributed by atoms with E-state index in [4.69, 9.17) is 0 Å². The van der Waals surface area contributed by atoms with Crippen LogP contribution in [0.15, 0.2) is 34.9 Å². The van der Waals surface area contributed by atoms with Crippen LogP contribution in [0.2, 0.25) is 0 Å². The van der Waals surface area contributed by atoms with E-state index >= 15 is 0 Å². The van der Waals surface area contributed by atoms with E-state index in [0.29, 0.717) is 6.42 Å². The SMILES string of the molecule is Cc1cnc(CC(=O)C(C)c2cccc(Br)c2)s1. The van der Waals surface area contributed by atoms with Crippen LogP contribution in [0.25, 0.3) is 0 Å². The lowest BCUT2D eigenvalue weighted by atomic mass is 9.95. The van der Waals surface area contributed by atoms with Gasteiger partial charge in [0, 0.05) is 21.5 Å². The van der Waals surface area contributed by atoms with Gasteiger partial charge in [0.2, 0.25) is 0 Å². The molecule has 0 saturated carbocycles. The number of aryl methyl sites for hydroxylation is 1. The number of rotatable bonds is 4. The lowest BCUT2D eigenvalue weighted by molar-refractivity contribution is -0.119. The maximum absolute atomic E-state index is 12.2. The number of ketones is 1. The van der Waals surface area contributed by atoms with Crippen LogP contribution in [-0.2, 0) is 11.2 Å². The number of carbonyl (C=O) groups excluding carboxylic acids is 1. The fourth-order valence-corrected chi connectivity index (χ4v) is 2.96. The van der Waals surface area contributed by atoms with Crippen molar-refractivity contribution in [3.63, 3.8) is 0 Å². The molecule has 2 aromatic rings. The minimum absolute atomic E-state index is 0.0910. The van der Waals surface area contributed by atoms with Gasteiger partial charge in [0.25, 0.3) is 0 Å². The smallest absolute Gasteiger partial charge is 0.146 e. The first kappa shape index (κ1) is 13.4. The number of nitrogens with zero attached hydrogens (tertiary/aromatic N) is 1. The summed E-state index contributed by atoms with van der Waals surface area (Å²) in [5.74, 6) is 0.120. The minimum atomic E-state index is -0.0910. The summed E-state index contributed by atoms with van der Waals surface area (Å²) in [5.41, 5.74) is 1.04. The molecule has 0 saturated heterocycles. The Bertz CT molecular complexity index is 564. The highest BCUT2D eigenvalue weighted by Crippen LogP contribution is 2.22. The molecule has 1 heterocycles. The van der Waals surface area contributed by atoms with E-state index in [-0.39, 0.29) is 11.7 Å². The summed E-state index contributed by atoms with van der Waals surface area (Å²) >= 11 is 5.02. The molecular formula is C14H14BrNOS. The van der Waals surface area contributed by atoms with Gasteiger partial charge >= 0.3 is 0 Å². The largest absolute Gasteiger partial charge is 0.299 e. The quantitative estimate of drug-likeness (QED) is 0.846. The van der Waals surface area contributed by atoms with Gasteiger partial charge in [0.1, 0.15) is 10.8 Å². The number of aromatic nitrogens is 1. The molecule has 1 aromatic carbocycles. The molecule has 1 unspecified atom stereocenters. The van der Waals surface area contributed by atoms with Gasteiger partial charge in [-0.15, -0.1) is 11.3 Å². The van der Waals surface area contributed by atoms with E-state index in [1.165, 1.54) is 0 Å². The third-order valence-corrected chi connectivity index (χ3v) is 4.23. The Morgan fingerprint density at radius 1 is 1.50 bits per heavy atom. The predicted octanol–water partition coefficient (Wildman–Crippen LogP) is 4.13. The number of halogens is 1. The summed E-state index contributed by atoms with van der Waals surface area (Å²) in [7, 11) is 0. The summed E-state index contributed by atoms with van der Waals surface area (Å²) < 4.78 is 1.00. The molecule has 2 rings (SSSR count). The van der Waals surface area contributed by atoms with Gasteiger partial charge in [-0.1, -0.05) is 35.0 Å². The molecule has 0 aliphatic carbocycles. The van der Waals surface area contributed by atoms with Gasteiger partial charge in [0.05, 0.1) is 6.42 Å². The zero-order valence-corrected chi connectivity index (χ0v) is 12.7. The first-order chi connectivity index (χ1) is 8.56. The van der Waals surface area contributed by atoms with E-state index in [2.05, 4.69) is 20.9 Å². The Morgan fingerprint density at radius 3 is 2.89 bits per heavy atom. The third-order valence-electron chi connectivity index (χ3n) is 2.83. The van der Waals surface area contributed by atoms with Crippen LogP contribution < -0.4 is 0 Å². The van der Waals surface area contributed by atoms with Crippen molar-refractivity contribution in [2.24, 2.45) is 0 Å². The molecular weight excluding hydrogens is 310 g/mol. The lowest BCUT2D eigenvalue weighted by Crippen LogP contribution is -2.11. The van der Waals surface area contributed by atoms with Gasteiger partial charge in [-0.2, -0.15) is 0 Å². The molecule has 0 fully saturated rings. The molecule has 2 nitrogen and oxygen atoms in total. The van der Waals surface area contributed by atoms with Crippen LogP contribution in [-0.4, -0.2) is 10.8 Å². The van der Waals surface area contributed by atoms with Crippen LogP contribution >= 0.6 is 27.3 Å². The monoisotopic (exact) mass is 323 g/mol. The lowest BCUT2D eigenvalue weighted by Gasteiger charge is -2.10. The van der Waals surface area contributed by atoms with E-state index in [0.717, 1.165) is 19.9 Å². The van der Waals surface area contributed by atoms with Crippen LogP contribution in [0.3, 0.4) is 0 Å². The average molecular weight is 324 g/mol. The maximum atomic E-state index is 12.2. The van der Waals surface area contributed by atoms with Crippen LogP contribution in [0.4, 0.5) is 0 Å². The van der Waals surface area contributed by atoms with Gasteiger partial charge in [-0.25, -0.2) is 4.98 Å². The van der Waals surface area contributed by atoms with Crippen molar-refractivity contribution in [2.45, 2.75) is 26.2 Å². The first-order valence-corrected chi connectivity index (χ1v) is 7.36. The number of hydrogen-bond acceptors (Lipinski definition) is 3. The van der Waals surface area contributed by atoms with E-state index in [1.54, 1.807) is 11.3 Å². The van der Waals surface area contributed by atoms with Crippen molar-refractivity contribution in [1.29, 1.82) is 0 Å². The summed E-state index contributed by atoms with van der Waals surface area (Å²) in [6, 6.07) is 7.90. The van der Waals surface area contributed by atoms with Crippen LogP contribution in [0, 0.1) is 6.92 Å². The molecule has 0 spiro atoms. The standard InChI is InChI=1S/C14H14BrNOS/c1-9-8-16-14(18-9)7-13(17)10(2)11-4-3-5-12(15)6-11/h3-6,8,10H,7H2,1-2H3. The summed E-state index contributed by atoms with van der Waals surface area (Å²) in [6.45, 7) is 3.95. The predicted molar refractivity (Wildman–Crippen MR) is 78.1 cm³/mol. The highest BCUT2D eigenvalue weighted by molar-refractivity contribution is 9.10. The Morgan fingerprint density at radius 2 is 2.28 bits per heavy atom. The summed E-state index contributed by atoms with van der Waals surface area (Å²) in [6.07, 6.45) is 2.24. The number of benzene rings is 1. The first-order valence-electron chi connectivity index (χ1n) is 5.76. The van der Waals surface area contributed by atoms with Crippen molar-refractivity contribution in [1.82, 2.24) is 4.98 Å². The Kier molecular flexibility index (Phi) is 4.30. The number of carbonyl (C=O) groups is 1. The fourth-order valence-electron chi connectivity index (χ4n) is 1.75. The molecule has 0 radical (unpaired) electrons. The van der Waals surface area contributed by atoms with Crippen LogP contribution in [0.1, 0.15) is 28.3 Å². The zero-order chi connectivity index (χ0) is 13.1. The Labute approximate surface area is 119 Å². The molecule has 0 aliphatic rings. The number of hydrogen-bond donors (Lipinski definition) is 0. The van der Waals surface area contributed by atoms with E-state index in [1.807, 2.05) is 44.3 Å². The van der Waals surface area contributed by atoms with E-state index < -0.39 is 0 Å². The zero-order valence-electron chi connectivity index (χ0n) is 10.3. The molecule has 0 bridgehead atoms. The van der Waals surface area contributed by atoms with Crippen LogP contribution in [0.5, 0.6) is 0 Å². The van der Waals surface area contributed by atoms with E-state index in [9.17, 15) is 4.79 Å². The molecule has 18 heavy (non-hydrogen) atoms. The summed E-state index contributed by atoms with van der Waals surface area (Å²) in [5, 5.41) is 0.902. The second-order valence-electron chi connectivity index (χ2n) is 4.28. The second kappa shape index (κ2) is 5.76.